The fourth-order valence-corrected chi connectivity index (χ4v) is 5.43. The Hall–Kier alpha value is -1.35. The van der Waals surface area contributed by atoms with Crippen LogP contribution in [0.4, 0.5) is 0 Å². The molecular formula is C21H30O3. The van der Waals surface area contributed by atoms with Crippen LogP contribution in [0, 0.1) is 11.3 Å². The molecule has 0 amide bonds. The number of aryl methyl sites for hydroxylation is 1. The highest BCUT2D eigenvalue weighted by atomic mass is 16.5. The lowest BCUT2D eigenvalue weighted by Gasteiger charge is -2.54. The quantitative estimate of drug-likeness (QED) is 0.882. The van der Waals surface area contributed by atoms with E-state index in [1.807, 2.05) is 0 Å². The van der Waals surface area contributed by atoms with Gasteiger partial charge in [-0.2, -0.15) is 0 Å². The molecule has 0 aliphatic heterocycles. The van der Waals surface area contributed by atoms with Crippen LogP contribution in [-0.4, -0.2) is 24.8 Å². The van der Waals surface area contributed by atoms with Gasteiger partial charge < -0.3 is 9.84 Å². The molecule has 1 saturated carbocycles. The maximum atomic E-state index is 12.2. The Balaban J connectivity index is 2.07. The Labute approximate surface area is 145 Å². The van der Waals surface area contributed by atoms with Gasteiger partial charge in [0.1, 0.15) is 0 Å². The van der Waals surface area contributed by atoms with Crippen molar-refractivity contribution in [1.82, 2.24) is 0 Å². The van der Waals surface area contributed by atoms with Crippen LogP contribution in [0.15, 0.2) is 18.2 Å². The van der Waals surface area contributed by atoms with Crippen LogP contribution in [0.2, 0.25) is 0 Å². The van der Waals surface area contributed by atoms with Gasteiger partial charge in [-0.15, -0.1) is 0 Å². The molecule has 0 spiro atoms. The van der Waals surface area contributed by atoms with Crippen molar-refractivity contribution >= 4 is 5.97 Å². The van der Waals surface area contributed by atoms with Crippen molar-refractivity contribution in [2.75, 3.05) is 13.7 Å². The van der Waals surface area contributed by atoms with Gasteiger partial charge in [0.25, 0.3) is 0 Å². The van der Waals surface area contributed by atoms with Gasteiger partial charge >= 0.3 is 5.97 Å². The number of carbonyl (C=O) groups is 1. The number of rotatable bonds is 4. The Kier molecular flexibility index (Phi) is 4.50. The molecule has 0 heterocycles. The lowest BCUT2D eigenvalue weighted by molar-refractivity contribution is -0.165. The van der Waals surface area contributed by atoms with Gasteiger partial charge in [0.15, 0.2) is 0 Å². The number of aliphatic carboxylic acids is 1. The molecule has 0 radical (unpaired) electrons. The minimum Gasteiger partial charge on any atom is -0.481 e. The summed E-state index contributed by atoms with van der Waals surface area (Å²) in [4.78, 5) is 12.2. The molecule has 0 unspecified atom stereocenters. The highest BCUT2D eigenvalue weighted by molar-refractivity contribution is 5.76. The first-order valence-electron chi connectivity index (χ1n) is 9.21. The molecular weight excluding hydrogens is 300 g/mol. The van der Waals surface area contributed by atoms with Crippen LogP contribution in [0.25, 0.3) is 0 Å². The molecule has 0 aromatic heterocycles. The standard InChI is InChI=1S/C21H30O3/c1-14(2)15-6-8-17-16(12-15)7-9-18-20(17,3)10-5-11-21(18,13-24-4)19(22)23/h6,8,12,14,18H,5,7,9-11,13H2,1-4H3,(H,22,23)/t18-,20-,21-/m1/s1. The SMILES string of the molecule is COC[C@]1(C(=O)O)CCC[C@]2(C)c3ccc(C(C)C)cc3CC[C@@H]12. The molecule has 1 aromatic carbocycles. The third-order valence-corrected chi connectivity index (χ3v) is 6.70. The third kappa shape index (κ3) is 2.48. The van der Waals surface area contributed by atoms with Crippen molar-refractivity contribution in [2.45, 2.75) is 64.2 Å². The van der Waals surface area contributed by atoms with Crippen molar-refractivity contribution in [3.63, 3.8) is 0 Å². The monoisotopic (exact) mass is 330 g/mol. The number of ether oxygens (including phenoxy) is 1. The molecule has 0 bridgehead atoms. The minimum atomic E-state index is -0.740. The fraction of sp³-hybridized carbons (Fsp3) is 0.667. The fourth-order valence-electron chi connectivity index (χ4n) is 5.43. The summed E-state index contributed by atoms with van der Waals surface area (Å²) < 4.78 is 5.40. The summed E-state index contributed by atoms with van der Waals surface area (Å²) in [7, 11) is 1.63. The summed E-state index contributed by atoms with van der Waals surface area (Å²) in [6.07, 6.45) is 4.68. The zero-order valence-corrected chi connectivity index (χ0v) is 15.4. The topological polar surface area (TPSA) is 46.5 Å². The second-order valence-corrected chi connectivity index (χ2v) is 8.33. The molecule has 2 aliphatic carbocycles. The van der Waals surface area contributed by atoms with Gasteiger partial charge in [-0.1, -0.05) is 45.4 Å². The summed E-state index contributed by atoms with van der Waals surface area (Å²) in [6, 6.07) is 6.88. The van der Waals surface area contributed by atoms with Crippen molar-refractivity contribution in [3.8, 4) is 0 Å². The first-order valence-corrected chi connectivity index (χ1v) is 9.21. The molecule has 2 aliphatic rings. The van der Waals surface area contributed by atoms with Gasteiger partial charge in [-0.3, -0.25) is 4.79 Å². The van der Waals surface area contributed by atoms with Crippen molar-refractivity contribution in [1.29, 1.82) is 0 Å². The number of hydrogen-bond acceptors (Lipinski definition) is 2. The van der Waals surface area contributed by atoms with E-state index in [-0.39, 0.29) is 11.3 Å². The lowest BCUT2D eigenvalue weighted by atomic mass is 9.49. The summed E-state index contributed by atoms with van der Waals surface area (Å²) in [5.74, 6) is -0.00471. The molecule has 132 valence electrons. The highest BCUT2D eigenvalue weighted by Crippen LogP contribution is 2.57. The number of carboxylic acids is 1. The van der Waals surface area contributed by atoms with Gasteiger partial charge in [0.05, 0.1) is 12.0 Å². The van der Waals surface area contributed by atoms with Crippen molar-refractivity contribution in [2.24, 2.45) is 11.3 Å². The van der Waals surface area contributed by atoms with Gasteiger partial charge in [-0.25, -0.2) is 0 Å². The lowest BCUT2D eigenvalue weighted by Crippen LogP contribution is -2.55. The minimum absolute atomic E-state index is 0.0573. The molecule has 3 rings (SSSR count). The van der Waals surface area contributed by atoms with E-state index >= 15 is 0 Å². The Bertz CT molecular complexity index is 632. The maximum absolute atomic E-state index is 12.2. The zero-order chi connectivity index (χ0) is 17.5. The summed E-state index contributed by atoms with van der Waals surface area (Å²) in [5.41, 5.74) is 3.39. The zero-order valence-electron chi connectivity index (χ0n) is 15.4. The average molecular weight is 330 g/mol. The largest absolute Gasteiger partial charge is 0.481 e. The highest BCUT2D eigenvalue weighted by Gasteiger charge is 2.57. The van der Waals surface area contributed by atoms with Crippen LogP contribution < -0.4 is 0 Å². The molecule has 0 saturated heterocycles. The Morgan fingerprint density at radius 2 is 2.12 bits per heavy atom. The third-order valence-electron chi connectivity index (χ3n) is 6.70. The van der Waals surface area contributed by atoms with E-state index in [0.717, 1.165) is 32.1 Å². The van der Waals surface area contributed by atoms with Crippen LogP contribution in [0.1, 0.15) is 69.1 Å². The van der Waals surface area contributed by atoms with E-state index in [1.165, 1.54) is 16.7 Å². The average Bonchev–Trinajstić information content (AvgIpc) is 2.54. The second kappa shape index (κ2) is 6.18. The van der Waals surface area contributed by atoms with Gasteiger partial charge in [0, 0.05) is 7.11 Å². The first-order chi connectivity index (χ1) is 11.3. The summed E-state index contributed by atoms with van der Waals surface area (Å²) in [5, 5.41) is 10.1. The van der Waals surface area contributed by atoms with E-state index in [2.05, 4.69) is 39.0 Å². The van der Waals surface area contributed by atoms with Crippen LogP contribution >= 0.6 is 0 Å². The molecule has 1 N–H and O–H groups in total. The van der Waals surface area contributed by atoms with E-state index in [1.54, 1.807) is 7.11 Å². The van der Waals surface area contributed by atoms with Crippen molar-refractivity contribution < 1.29 is 14.6 Å². The van der Waals surface area contributed by atoms with E-state index in [9.17, 15) is 9.90 Å². The van der Waals surface area contributed by atoms with Gasteiger partial charge in [0.2, 0.25) is 0 Å². The van der Waals surface area contributed by atoms with Crippen LogP contribution in [-0.2, 0) is 21.4 Å². The van der Waals surface area contributed by atoms with E-state index in [0.29, 0.717) is 12.5 Å². The van der Waals surface area contributed by atoms with Crippen LogP contribution in [0.5, 0.6) is 0 Å². The first kappa shape index (κ1) is 17.5. The molecule has 3 heteroatoms. The Morgan fingerprint density at radius 3 is 2.75 bits per heavy atom. The number of fused-ring (bicyclic) bond motifs is 3. The van der Waals surface area contributed by atoms with E-state index < -0.39 is 11.4 Å². The smallest absolute Gasteiger partial charge is 0.312 e. The number of carboxylic acid groups (broad SMARTS) is 1. The maximum Gasteiger partial charge on any atom is 0.312 e. The molecule has 24 heavy (non-hydrogen) atoms. The predicted molar refractivity (Wildman–Crippen MR) is 95.5 cm³/mol. The van der Waals surface area contributed by atoms with Crippen LogP contribution in [0.3, 0.4) is 0 Å². The summed E-state index contributed by atoms with van der Waals surface area (Å²) >= 11 is 0. The van der Waals surface area contributed by atoms with Crippen molar-refractivity contribution in [3.05, 3.63) is 34.9 Å². The van der Waals surface area contributed by atoms with E-state index in [4.69, 9.17) is 4.74 Å². The molecule has 1 aromatic rings. The predicted octanol–water partition coefficient (Wildman–Crippen LogP) is 4.53. The molecule has 3 atom stereocenters. The summed E-state index contributed by atoms with van der Waals surface area (Å²) in [6.45, 7) is 7.06. The second-order valence-electron chi connectivity index (χ2n) is 8.33. The molecule has 3 nitrogen and oxygen atoms in total. The normalized spacial score (nSPS) is 32.3. The molecule has 1 fully saturated rings. The van der Waals surface area contributed by atoms with Gasteiger partial charge in [-0.05, 0) is 59.6 Å². The number of methoxy groups -OCH3 is 1. The number of hydrogen-bond donors (Lipinski definition) is 1. The number of benzene rings is 1. The Morgan fingerprint density at radius 1 is 1.38 bits per heavy atom.